The van der Waals surface area contributed by atoms with Crippen molar-refractivity contribution in [1.82, 2.24) is 14.9 Å². The highest BCUT2D eigenvalue weighted by Crippen LogP contribution is 2.36. The molecule has 0 saturated carbocycles. The molecular weight excluding hydrogens is 402 g/mol. The third-order valence-corrected chi connectivity index (χ3v) is 6.47. The molecule has 2 aromatic heterocycles. The van der Waals surface area contributed by atoms with Crippen molar-refractivity contribution in [3.63, 3.8) is 0 Å². The lowest BCUT2D eigenvalue weighted by Crippen LogP contribution is -2.33. The van der Waals surface area contributed by atoms with Gasteiger partial charge in [-0.3, -0.25) is 9.59 Å². The highest BCUT2D eigenvalue weighted by atomic mass is 16.5. The normalized spacial score (nSPS) is 15.8. The summed E-state index contributed by atoms with van der Waals surface area (Å²) >= 11 is 0. The Bertz CT molecular complexity index is 1400. The Balaban J connectivity index is 1.55. The predicted octanol–water partition coefficient (Wildman–Crippen LogP) is 4.88. The van der Waals surface area contributed by atoms with Crippen molar-refractivity contribution in [3.05, 3.63) is 75.8 Å². The van der Waals surface area contributed by atoms with Crippen LogP contribution < -0.4 is 15.6 Å². The van der Waals surface area contributed by atoms with E-state index < -0.39 is 0 Å². The third kappa shape index (κ3) is 3.27. The summed E-state index contributed by atoms with van der Waals surface area (Å²) in [7, 11) is 1.67. The van der Waals surface area contributed by atoms with E-state index in [-0.39, 0.29) is 23.6 Å². The number of amides is 1. The van der Waals surface area contributed by atoms with Gasteiger partial charge in [-0.05, 0) is 62.9 Å². The van der Waals surface area contributed by atoms with Gasteiger partial charge in [-0.25, -0.2) is 0 Å². The number of fused-ring (bicyclic) bond motifs is 4. The van der Waals surface area contributed by atoms with Crippen LogP contribution in [0, 0.1) is 0 Å². The Morgan fingerprint density at radius 3 is 2.69 bits per heavy atom. The number of pyridine rings is 1. The number of aryl methyl sites for hydroxylation is 1. The molecule has 0 aliphatic heterocycles. The molecule has 0 bridgehead atoms. The van der Waals surface area contributed by atoms with Gasteiger partial charge < -0.3 is 19.6 Å². The summed E-state index contributed by atoms with van der Waals surface area (Å²) in [5.41, 5.74) is 3.81. The molecule has 0 saturated heterocycles. The lowest BCUT2D eigenvalue weighted by Gasteiger charge is -2.24. The minimum absolute atomic E-state index is 0.0383. The van der Waals surface area contributed by atoms with E-state index >= 15 is 0 Å². The third-order valence-electron chi connectivity index (χ3n) is 6.47. The van der Waals surface area contributed by atoms with Gasteiger partial charge in [0.05, 0.1) is 18.7 Å². The molecule has 0 fully saturated rings. The number of nitrogens with zero attached hydrogens (tertiary/aromatic N) is 1. The number of H-pyrrole nitrogens is 1. The highest BCUT2D eigenvalue weighted by Gasteiger charge is 2.27. The van der Waals surface area contributed by atoms with Crippen molar-refractivity contribution in [2.24, 2.45) is 0 Å². The van der Waals surface area contributed by atoms with Crippen LogP contribution in [0.2, 0.25) is 0 Å². The van der Waals surface area contributed by atoms with Crippen molar-refractivity contribution in [3.8, 4) is 5.75 Å². The van der Waals surface area contributed by atoms with Crippen LogP contribution in [-0.2, 0) is 6.42 Å². The van der Waals surface area contributed by atoms with Gasteiger partial charge in [0, 0.05) is 39.6 Å². The van der Waals surface area contributed by atoms with Crippen molar-refractivity contribution >= 4 is 27.6 Å². The summed E-state index contributed by atoms with van der Waals surface area (Å²) in [6, 6.07) is 13.2. The Morgan fingerprint density at radius 2 is 1.94 bits per heavy atom. The van der Waals surface area contributed by atoms with Crippen molar-refractivity contribution in [1.29, 1.82) is 0 Å². The van der Waals surface area contributed by atoms with Gasteiger partial charge in [0.15, 0.2) is 0 Å². The molecule has 6 heteroatoms. The summed E-state index contributed by atoms with van der Waals surface area (Å²) in [5, 5.41) is 5.64. The molecule has 1 aliphatic carbocycles. The van der Waals surface area contributed by atoms with Crippen LogP contribution in [0.25, 0.3) is 21.7 Å². The van der Waals surface area contributed by atoms with Crippen molar-refractivity contribution in [2.45, 2.75) is 45.2 Å². The molecule has 2 heterocycles. The molecule has 6 nitrogen and oxygen atoms in total. The van der Waals surface area contributed by atoms with E-state index in [1.54, 1.807) is 23.9 Å². The minimum atomic E-state index is -0.162. The number of carbonyl (C=O) groups is 1. The molecule has 164 valence electrons. The maximum Gasteiger partial charge on any atom is 0.258 e. The van der Waals surface area contributed by atoms with Gasteiger partial charge in [-0.1, -0.05) is 18.2 Å². The van der Waals surface area contributed by atoms with Gasteiger partial charge in [0.25, 0.3) is 11.5 Å². The standard InChI is InChI=1S/C26H27N3O3/c1-15(2)29-14-21(17-7-4-5-8-19(17)26(29)31)25(30)28-23-10-6-9-18-20-13-16(32-3)11-12-22(20)27-24(18)23/h4-5,7-8,11-15,23,27H,6,9-10H2,1-3H3,(H,28,30). The van der Waals surface area contributed by atoms with Gasteiger partial charge in [-0.15, -0.1) is 0 Å². The van der Waals surface area contributed by atoms with Crippen LogP contribution in [0.5, 0.6) is 5.75 Å². The van der Waals surface area contributed by atoms with Crippen LogP contribution in [0.3, 0.4) is 0 Å². The fraction of sp³-hybridized carbons (Fsp3) is 0.308. The van der Waals surface area contributed by atoms with Gasteiger partial charge >= 0.3 is 0 Å². The lowest BCUT2D eigenvalue weighted by molar-refractivity contribution is 0.0932. The number of aromatic amines is 1. The summed E-state index contributed by atoms with van der Waals surface area (Å²) < 4.78 is 7.04. The van der Waals surface area contributed by atoms with E-state index in [4.69, 9.17) is 4.74 Å². The lowest BCUT2D eigenvalue weighted by atomic mass is 9.91. The number of methoxy groups -OCH3 is 1. The molecule has 4 aromatic rings. The average molecular weight is 430 g/mol. The minimum Gasteiger partial charge on any atom is -0.497 e. The Hall–Kier alpha value is -3.54. The summed E-state index contributed by atoms with van der Waals surface area (Å²) in [6.07, 6.45) is 4.53. The van der Waals surface area contributed by atoms with E-state index in [1.165, 1.54) is 5.56 Å². The van der Waals surface area contributed by atoms with Crippen LogP contribution in [0.15, 0.2) is 53.5 Å². The number of ether oxygens (including phenoxy) is 1. The second-order valence-electron chi connectivity index (χ2n) is 8.74. The first kappa shape index (κ1) is 20.4. The monoisotopic (exact) mass is 429 g/mol. The second kappa shape index (κ2) is 7.86. The maximum absolute atomic E-state index is 13.5. The number of rotatable bonds is 4. The topological polar surface area (TPSA) is 76.1 Å². The van der Waals surface area contributed by atoms with E-state index in [0.717, 1.165) is 41.6 Å². The smallest absolute Gasteiger partial charge is 0.258 e. The molecule has 1 aliphatic rings. The van der Waals surface area contributed by atoms with Gasteiger partial charge in [-0.2, -0.15) is 0 Å². The largest absolute Gasteiger partial charge is 0.497 e. The number of nitrogens with one attached hydrogen (secondary N) is 2. The number of aromatic nitrogens is 2. The highest BCUT2D eigenvalue weighted by molar-refractivity contribution is 6.06. The number of hydrogen-bond donors (Lipinski definition) is 2. The van der Waals surface area contributed by atoms with E-state index in [1.807, 2.05) is 44.2 Å². The first-order chi connectivity index (χ1) is 15.5. The zero-order valence-electron chi connectivity index (χ0n) is 18.6. The molecular formula is C26H27N3O3. The molecule has 1 atom stereocenters. The molecule has 2 aromatic carbocycles. The Morgan fingerprint density at radius 1 is 1.16 bits per heavy atom. The number of carbonyl (C=O) groups excluding carboxylic acids is 1. The van der Waals surface area contributed by atoms with Crippen molar-refractivity contribution < 1.29 is 9.53 Å². The SMILES string of the molecule is COc1ccc2[nH]c3c(c2c1)CCCC3NC(=O)c1cn(C(C)C)c(=O)c2ccccc12. The molecule has 5 rings (SSSR count). The summed E-state index contributed by atoms with van der Waals surface area (Å²) in [4.78, 5) is 29.9. The fourth-order valence-corrected chi connectivity index (χ4v) is 4.82. The van der Waals surface area contributed by atoms with E-state index in [2.05, 4.69) is 16.4 Å². The van der Waals surface area contributed by atoms with Crippen LogP contribution in [-0.4, -0.2) is 22.6 Å². The van der Waals surface area contributed by atoms with Gasteiger partial charge in [0.2, 0.25) is 0 Å². The first-order valence-electron chi connectivity index (χ1n) is 11.1. The Kier molecular flexibility index (Phi) is 5.00. The number of benzene rings is 2. The molecule has 2 N–H and O–H groups in total. The predicted molar refractivity (Wildman–Crippen MR) is 127 cm³/mol. The molecule has 0 radical (unpaired) electrons. The average Bonchev–Trinajstić information content (AvgIpc) is 3.18. The van der Waals surface area contributed by atoms with Crippen LogP contribution in [0.4, 0.5) is 0 Å². The van der Waals surface area contributed by atoms with E-state index in [0.29, 0.717) is 16.3 Å². The molecule has 1 amide bonds. The summed E-state index contributed by atoms with van der Waals surface area (Å²) in [6.45, 7) is 3.90. The fourth-order valence-electron chi connectivity index (χ4n) is 4.82. The van der Waals surface area contributed by atoms with Crippen molar-refractivity contribution in [2.75, 3.05) is 7.11 Å². The van der Waals surface area contributed by atoms with E-state index in [9.17, 15) is 9.59 Å². The maximum atomic E-state index is 13.5. The van der Waals surface area contributed by atoms with Crippen LogP contribution >= 0.6 is 0 Å². The van der Waals surface area contributed by atoms with Gasteiger partial charge in [0.1, 0.15) is 5.75 Å². The second-order valence-corrected chi connectivity index (χ2v) is 8.74. The first-order valence-corrected chi connectivity index (χ1v) is 11.1. The quantitative estimate of drug-likeness (QED) is 0.485. The van der Waals surface area contributed by atoms with Crippen LogP contribution in [0.1, 0.15) is 60.4 Å². The molecule has 1 unspecified atom stereocenters. The zero-order valence-corrected chi connectivity index (χ0v) is 18.6. The summed E-state index contributed by atoms with van der Waals surface area (Å²) in [5.74, 6) is 0.664. The number of hydrogen-bond acceptors (Lipinski definition) is 3. The molecule has 32 heavy (non-hydrogen) atoms. The molecule has 0 spiro atoms. The Labute approximate surface area is 186 Å². The zero-order chi connectivity index (χ0) is 22.4.